The fraction of sp³-hybridized carbons (Fsp3) is 0.417. The molecule has 1 aromatic carbocycles. The zero-order valence-electron chi connectivity index (χ0n) is 9.68. The molecule has 0 amide bonds. The van der Waals surface area contributed by atoms with E-state index < -0.39 is 0 Å². The van der Waals surface area contributed by atoms with Crippen molar-refractivity contribution in [3.63, 3.8) is 0 Å². The summed E-state index contributed by atoms with van der Waals surface area (Å²) in [6.07, 6.45) is 1.72. The van der Waals surface area contributed by atoms with Crippen LogP contribution in [0.4, 0.5) is 0 Å². The summed E-state index contributed by atoms with van der Waals surface area (Å²) in [5, 5.41) is 18.4. The van der Waals surface area contributed by atoms with E-state index in [1.165, 1.54) is 24.9 Å². The normalized spacial score (nSPS) is 10.2. The van der Waals surface area contributed by atoms with Gasteiger partial charge in [0.1, 0.15) is 0 Å². The summed E-state index contributed by atoms with van der Waals surface area (Å²) in [6, 6.07) is 4.81. The average Bonchev–Trinajstić information content (AvgIpc) is 2.33. The first-order valence-corrected chi connectivity index (χ1v) is 6.44. The van der Waals surface area contributed by atoms with Crippen LogP contribution < -0.4 is 0 Å². The summed E-state index contributed by atoms with van der Waals surface area (Å²) in [5.41, 5.74) is 0.971. The number of carbonyl (C=O) groups is 1. The third-order valence-corrected chi connectivity index (χ3v) is 3.26. The van der Waals surface area contributed by atoms with E-state index >= 15 is 0 Å². The predicted molar refractivity (Wildman–Crippen MR) is 67.4 cm³/mol. The first kappa shape index (κ1) is 13.7. The van der Waals surface area contributed by atoms with Crippen molar-refractivity contribution >= 4 is 17.7 Å². The lowest BCUT2D eigenvalue weighted by atomic mass is 10.1. The van der Waals surface area contributed by atoms with Crippen molar-refractivity contribution < 1.29 is 19.7 Å². The molecular weight excluding hydrogens is 240 g/mol. The van der Waals surface area contributed by atoms with Crippen molar-refractivity contribution in [1.29, 1.82) is 0 Å². The number of phenolic OH excluding ortho intramolecular Hbond substituents is 2. The first-order chi connectivity index (χ1) is 8.13. The van der Waals surface area contributed by atoms with Crippen LogP contribution in [-0.2, 0) is 16.0 Å². The molecule has 0 aliphatic carbocycles. The fourth-order valence-corrected chi connectivity index (χ4v) is 2.09. The number of esters is 1. The molecule has 0 spiro atoms. The molecule has 0 saturated carbocycles. The average molecular weight is 256 g/mol. The molecule has 17 heavy (non-hydrogen) atoms. The van der Waals surface area contributed by atoms with Crippen molar-refractivity contribution in [2.75, 3.05) is 18.6 Å². The number of aromatic hydroxyl groups is 2. The highest BCUT2D eigenvalue weighted by atomic mass is 32.2. The standard InChI is InChI=1S/C12H16O4S/c1-16-12(15)8-17-6-2-3-9-4-5-10(13)11(14)7-9/h4-5,7,13-14H,2-3,6,8H2,1H3. The lowest BCUT2D eigenvalue weighted by molar-refractivity contribution is -0.137. The molecule has 0 saturated heterocycles. The Bertz CT molecular complexity index is 379. The lowest BCUT2D eigenvalue weighted by Gasteiger charge is -2.03. The van der Waals surface area contributed by atoms with Crippen molar-refractivity contribution in [3.8, 4) is 11.5 Å². The van der Waals surface area contributed by atoms with Gasteiger partial charge in [-0.3, -0.25) is 4.79 Å². The maximum absolute atomic E-state index is 10.8. The van der Waals surface area contributed by atoms with Crippen molar-refractivity contribution in [2.45, 2.75) is 12.8 Å². The van der Waals surface area contributed by atoms with E-state index in [2.05, 4.69) is 4.74 Å². The van der Waals surface area contributed by atoms with Crippen LogP contribution >= 0.6 is 11.8 Å². The second kappa shape index (κ2) is 7.06. The number of phenols is 2. The van der Waals surface area contributed by atoms with E-state index in [1.807, 2.05) is 0 Å². The Hall–Kier alpha value is -1.36. The number of benzene rings is 1. The second-order valence-corrected chi connectivity index (χ2v) is 4.66. The molecule has 0 aliphatic rings. The number of hydrogen-bond acceptors (Lipinski definition) is 5. The number of hydrogen-bond donors (Lipinski definition) is 2. The van der Waals surface area contributed by atoms with Gasteiger partial charge in [0.05, 0.1) is 12.9 Å². The van der Waals surface area contributed by atoms with Gasteiger partial charge in [-0.05, 0) is 36.3 Å². The van der Waals surface area contributed by atoms with Crippen LogP contribution in [0, 0.1) is 0 Å². The molecular formula is C12H16O4S. The number of ether oxygens (including phenoxy) is 1. The van der Waals surface area contributed by atoms with Gasteiger partial charge in [0.15, 0.2) is 11.5 Å². The zero-order valence-corrected chi connectivity index (χ0v) is 10.5. The molecule has 0 aliphatic heterocycles. The maximum Gasteiger partial charge on any atom is 0.315 e. The Labute approximate surface area is 105 Å². The summed E-state index contributed by atoms with van der Waals surface area (Å²) in [7, 11) is 1.38. The van der Waals surface area contributed by atoms with Gasteiger partial charge in [0, 0.05) is 0 Å². The molecule has 0 unspecified atom stereocenters. The Kier molecular flexibility index (Phi) is 5.69. The van der Waals surface area contributed by atoms with Crippen molar-refractivity contribution in [2.24, 2.45) is 0 Å². The van der Waals surface area contributed by atoms with E-state index in [4.69, 9.17) is 5.11 Å². The summed E-state index contributed by atoms with van der Waals surface area (Å²) in [6.45, 7) is 0. The van der Waals surface area contributed by atoms with Crippen molar-refractivity contribution in [1.82, 2.24) is 0 Å². The summed E-state index contributed by atoms with van der Waals surface area (Å²) in [4.78, 5) is 10.8. The molecule has 0 bridgehead atoms. The van der Waals surface area contributed by atoms with Crippen LogP contribution in [0.1, 0.15) is 12.0 Å². The van der Waals surface area contributed by atoms with Gasteiger partial charge in [-0.25, -0.2) is 0 Å². The fourth-order valence-electron chi connectivity index (χ4n) is 1.32. The third kappa shape index (κ3) is 4.99. The van der Waals surface area contributed by atoms with Gasteiger partial charge in [-0.1, -0.05) is 6.07 Å². The van der Waals surface area contributed by atoms with Gasteiger partial charge >= 0.3 is 5.97 Å². The SMILES string of the molecule is COC(=O)CSCCCc1ccc(O)c(O)c1. The predicted octanol–water partition coefficient (Wildman–Crippen LogP) is 1.94. The second-order valence-electron chi connectivity index (χ2n) is 3.56. The number of carbonyl (C=O) groups excluding carboxylic acids is 1. The molecule has 5 heteroatoms. The molecule has 2 N–H and O–H groups in total. The van der Waals surface area contributed by atoms with Gasteiger partial charge in [0.25, 0.3) is 0 Å². The molecule has 0 aromatic heterocycles. The highest BCUT2D eigenvalue weighted by Crippen LogP contribution is 2.25. The topological polar surface area (TPSA) is 66.8 Å². The maximum atomic E-state index is 10.8. The number of thioether (sulfide) groups is 1. The minimum atomic E-state index is -0.211. The summed E-state index contributed by atoms with van der Waals surface area (Å²) < 4.78 is 4.52. The van der Waals surface area contributed by atoms with Crippen LogP contribution in [0.25, 0.3) is 0 Å². The zero-order chi connectivity index (χ0) is 12.7. The van der Waals surface area contributed by atoms with E-state index in [0.717, 1.165) is 24.2 Å². The van der Waals surface area contributed by atoms with E-state index in [-0.39, 0.29) is 17.5 Å². The van der Waals surface area contributed by atoms with Gasteiger partial charge in [0.2, 0.25) is 0 Å². The van der Waals surface area contributed by atoms with Crippen LogP contribution in [-0.4, -0.2) is 34.8 Å². The van der Waals surface area contributed by atoms with Crippen LogP contribution in [0.3, 0.4) is 0 Å². The molecule has 0 heterocycles. The molecule has 94 valence electrons. The largest absolute Gasteiger partial charge is 0.504 e. The Morgan fingerprint density at radius 1 is 1.35 bits per heavy atom. The smallest absolute Gasteiger partial charge is 0.315 e. The lowest BCUT2D eigenvalue weighted by Crippen LogP contribution is -2.03. The van der Waals surface area contributed by atoms with Gasteiger partial charge in [-0.15, -0.1) is 0 Å². The highest BCUT2D eigenvalue weighted by Gasteiger charge is 2.02. The number of methoxy groups -OCH3 is 1. The number of aryl methyl sites for hydroxylation is 1. The molecule has 4 nitrogen and oxygen atoms in total. The van der Waals surface area contributed by atoms with Gasteiger partial charge < -0.3 is 14.9 Å². The minimum Gasteiger partial charge on any atom is -0.504 e. The minimum absolute atomic E-state index is 0.0929. The quantitative estimate of drug-likeness (QED) is 0.462. The molecule has 0 radical (unpaired) electrons. The monoisotopic (exact) mass is 256 g/mol. The van der Waals surface area contributed by atoms with E-state index in [1.54, 1.807) is 12.1 Å². The molecule has 0 fully saturated rings. The Balaban J connectivity index is 2.22. The van der Waals surface area contributed by atoms with E-state index in [0.29, 0.717) is 5.75 Å². The Morgan fingerprint density at radius 2 is 2.12 bits per heavy atom. The van der Waals surface area contributed by atoms with Gasteiger partial charge in [-0.2, -0.15) is 11.8 Å². The molecule has 1 aromatic rings. The summed E-state index contributed by atoms with van der Waals surface area (Å²) in [5.74, 6) is 0.824. The molecule has 0 atom stereocenters. The molecule has 1 rings (SSSR count). The Morgan fingerprint density at radius 3 is 2.76 bits per heavy atom. The first-order valence-electron chi connectivity index (χ1n) is 5.29. The van der Waals surface area contributed by atoms with Crippen LogP contribution in [0.2, 0.25) is 0 Å². The summed E-state index contributed by atoms with van der Waals surface area (Å²) >= 11 is 1.53. The van der Waals surface area contributed by atoms with Crippen molar-refractivity contribution in [3.05, 3.63) is 23.8 Å². The highest BCUT2D eigenvalue weighted by molar-refractivity contribution is 7.99. The van der Waals surface area contributed by atoms with Crippen LogP contribution in [0.15, 0.2) is 18.2 Å². The van der Waals surface area contributed by atoms with Crippen LogP contribution in [0.5, 0.6) is 11.5 Å². The van der Waals surface area contributed by atoms with E-state index in [9.17, 15) is 9.90 Å². The third-order valence-electron chi connectivity index (χ3n) is 2.24. The number of rotatable bonds is 6.